The third-order valence-corrected chi connectivity index (χ3v) is 5.85. The Morgan fingerprint density at radius 3 is 2.39 bits per heavy atom. The molecular weight excluding hydrogens is 344 g/mol. The molecule has 0 aromatic heterocycles. The zero-order valence-electron chi connectivity index (χ0n) is 17.5. The van der Waals surface area contributed by atoms with Gasteiger partial charge in [0, 0.05) is 38.3 Å². The van der Waals surface area contributed by atoms with Crippen LogP contribution in [-0.2, 0) is 0 Å². The summed E-state index contributed by atoms with van der Waals surface area (Å²) in [5, 5.41) is 7.18. The first-order valence-corrected chi connectivity index (χ1v) is 10.7. The normalized spacial score (nSPS) is 21.3. The van der Waals surface area contributed by atoms with Crippen molar-refractivity contribution >= 4 is 0 Å². The molecule has 0 amide bonds. The summed E-state index contributed by atoms with van der Waals surface area (Å²) < 4.78 is 0. The van der Waals surface area contributed by atoms with E-state index in [4.69, 9.17) is 0 Å². The molecule has 1 aliphatic rings. The fraction of sp³-hybridized carbons (Fsp3) is 0.500. The lowest BCUT2D eigenvalue weighted by atomic mass is 10.0. The van der Waals surface area contributed by atoms with Gasteiger partial charge in [0.05, 0.1) is 0 Å². The molecule has 1 aliphatic heterocycles. The van der Waals surface area contributed by atoms with Gasteiger partial charge < -0.3 is 15.5 Å². The fourth-order valence-corrected chi connectivity index (χ4v) is 4.15. The van der Waals surface area contributed by atoms with E-state index in [1.54, 1.807) is 0 Å². The van der Waals surface area contributed by atoms with Crippen LogP contribution in [0.3, 0.4) is 0 Å². The first-order valence-electron chi connectivity index (χ1n) is 10.7. The van der Waals surface area contributed by atoms with E-state index in [1.165, 1.54) is 11.1 Å². The maximum Gasteiger partial charge on any atom is 0.0361 e. The molecule has 0 aliphatic carbocycles. The molecule has 4 nitrogen and oxygen atoms in total. The topological polar surface area (TPSA) is 30.5 Å². The highest BCUT2D eigenvalue weighted by Gasteiger charge is 2.22. The summed E-state index contributed by atoms with van der Waals surface area (Å²) in [5.41, 5.74) is 2.83. The zero-order valence-corrected chi connectivity index (χ0v) is 17.5. The minimum absolute atomic E-state index is 0.427. The molecule has 1 fully saturated rings. The number of likely N-dealkylation sites (N-methyl/N-ethyl adjacent to an activating group) is 1. The van der Waals surface area contributed by atoms with E-state index >= 15 is 0 Å². The van der Waals surface area contributed by atoms with Crippen LogP contribution in [0.15, 0.2) is 60.7 Å². The summed E-state index contributed by atoms with van der Waals surface area (Å²) in [6.07, 6.45) is 2.29. The zero-order chi connectivity index (χ0) is 19.6. The van der Waals surface area contributed by atoms with E-state index < -0.39 is 0 Å². The van der Waals surface area contributed by atoms with E-state index in [0.29, 0.717) is 12.1 Å². The van der Waals surface area contributed by atoms with Gasteiger partial charge in [-0.15, -0.1) is 0 Å². The predicted molar refractivity (Wildman–Crippen MR) is 119 cm³/mol. The van der Waals surface area contributed by atoms with Gasteiger partial charge in [-0.05, 0) is 51.2 Å². The van der Waals surface area contributed by atoms with Crippen LogP contribution >= 0.6 is 0 Å². The lowest BCUT2D eigenvalue weighted by molar-refractivity contribution is 0.152. The minimum Gasteiger partial charge on any atom is -0.320 e. The van der Waals surface area contributed by atoms with Crippen molar-refractivity contribution in [1.82, 2.24) is 20.4 Å². The first-order chi connectivity index (χ1) is 13.8. The highest BCUT2D eigenvalue weighted by Crippen LogP contribution is 2.25. The average Bonchev–Trinajstić information content (AvgIpc) is 2.75. The molecule has 4 heteroatoms. The molecule has 1 heterocycles. The fourth-order valence-electron chi connectivity index (χ4n) is 4.15. The van der Waals surface area contributed by atoms with Gasteiger partial charge in [-0.3, -0.25) is 4.90 Å². The second kappa shape index (κ2) is 11.3. The van der Waals surface area contributed by atoms with Crippen molar-refractivity contribution in [2.24, 2.45) is 0 Å². The number of nitrogens with zero attached hydrogens (tertiary/aromatic N) is 2. The average molecular weight is 381 g/mol. The number of rotatable bonds is 6. The maximum absolute atomic E-state index is 3.83. The van der Waals surface area contributed by atoms with Crippen LogP contribution in [-0.4, -0.2) is 63.2 Å². The summed E-state index contributed by atoms with van der Waals surface area (Å²) >= 11 is 0. The summed E-state index contributed by atoms with van der Waals surface area (Å²) in [4.78, 5) is 5.15. The monoisotopic (exact) mass is 380 g/mol. The number of benzene rings is 2. The highest BCUT2D eigenvalue weighted by molar-refractivity contribution is 5.20. The van der Waals surface area contributed by atoms with Crippen molar-refractivity contribution in [2.75, 3.05) is 53.4 Å². The Morgan fingerprint density at radius 1 is 0.964 bits per heavy atom. The van der Waals surface area contributed by atoms with Gasteiger partial charge in [0.2, 0.25) is 0 Å². The molecule has 2 aromatic rings. The third kappa shape index (κ3) is 6.14. The standard InChI is InChI=1S/C24H36N4/c1-25-15-13-24(22-11-7-4-8-12-22)28-18-16-26-23(14-17-27(2)19-20-28)21-9-5-3-6-10-21/h3-12,23-26H,13-20H2,1-2H3. The molecule has 0 saturated carbocycles. The van der Waals surface area contributed by atoms with E-state index in [1.807, 2.05) is 7.05 Å². The Morgan fingerprint density at radius 2 is 1.68 bits per heavy atom. The number of hydrogen-bond donors (Lipinski definition) is 2. The largest absolute Gasteiger partial charge is 0.320 e. The molecule has 28 heavy (non-hydrogen) atoms. The summed E-state index contributed by atoms with van der Waals surface area (Å²) in [5.74, 6) is 0. The molecule has 2 N–H and O–H groups in total. The third-order valence-electron chi connectivity index (χ3n) is 5.85. The molecular formula is C24H36N4. The van der Waals surface area contributed by atoms with Crippen LogP contribution in [0.4, 0.5) is 0 Å². The second-order valence-electron chi connectivity index (χ2n) is 7.86. The molecule has 2 atom stereocenters. The molecule has 2 unspecified atom stereocenters. The Balaban J connectivity index is 1.73. The first kappa shape index (κ1) is 21.0. The minimum atomic E-state index is 0.427. The smallest absolute Gasteiger partial charge is 0.0361 e. The quantitative estimate of drug-likeness (QED) is 0.805. The van der Waals surface area contributed by atoms with Gasteiger partial charge in [-0.25, -0.2) is 0 Å². The lowest BCUT2D eigenvalue weighted by Gasteiger charge is -2.36. The Bertz CT molecular complexity index is 661. The summed E-state index contributed by atoms with van der Waals surface area (Å²) in [7, 11) is 4.30. The van der Waals surface area contributed by atoms with Crippen LogP contribution in [0.2, 0.25) is 0 Å². The Hall–Kier alpha value is -1.72. The maximum atomic E-state index is 3.83. The number of hydrogen-bond acceptors (Lipinski definition) is 4. The van der Waals surface area contributed by atoms with Crippen LogP contribution in [0, 0.1) is 0 Å². The van der Waals surface area contributed by atoms with E-state index in [-0.39, 0.29) is 0 Å². The van der Waals surface area contributed by atoms with E-state index in [0.717, 1.165) is 52.1 Å². The van der Waals surface area contributed by atoms with Crippen LogP contribution in [0.5, 0.6) is 0 Å². The van der Waals surface area contributed by atoms with Gasteiger partial charge in [-0.1, -0.05) is 60.7 Å². The summed E-state index contributed by atoms with van der Waals surface area (Å²) in [6.45, 7) is 6.47. The van der Waals surface area contributed by atoms with Crippen LogP contribution in [0.1, 0.15) is 36.1 Å². The van der Waals surface area contributed by atoms with Crippen LogP contribution in [0.25, 0.3) is 0 Å². The SMILES string of the molecule is CNCCC(c1ccccc1)N1CCNC(c2ccccc2)CCN(C)CC1. The molecule has 2 aromatic carbocycles. The van der Waals surface area contributed by atoms with Crippen molar-refractivity contribution in [3.05, 3.63) is 71.8 Å². The number of nitrogens with one attached hydrogen (secondary N) is 2. The van der Waals surface area contributed by atoms with Gasteiger partial charge in [0.25, 0.3) is 0 Å². The highest BCUT2D eigenvalue weighted by atomic mass is 15.2. The molecule has 0 bridgehead atoms. The van der Waals surface area contributed by atoms with Crippen LogP contribution < -0.4 is 10.6 Å². The van der Waals surface area contributed by atoms with Gasteiger partial charge in [0.1, 0.15) is 0 Å². The van der Waals surface area contributed by atoms with Gasteiger partial charge in [0.15, 0.2) is 0 Å². The van der Waals surface area contributed by atoms with E-state index in [9.17, 15) is 0 Å². The Labute approximate surface area is 170 Å². The second-order valence-corrected chi connectivity index (χ2v) is 7.86. The Kier molecular flexibility index (Phi) is 8.49. The van der Waals surface area contributed by atoms with Crippen molar-refractivity contribution in [3.63, 3.8) is 0 Å². The predicted octanol–water partition coefficient (Wildman–Crippen LogP) is 3.31. The molecule has 0 spiro atoms. The summed E-state index contributed by atoms with van der Waals surface area (Å²) in [6, 6.07) is 22.8. The van der Waals surface area contributed by atoms with Gasteiger partial charge >= 0.3 is 0 Å². The van der Waals surface area contributed by atoms with Gasteiger partial charge in [-0.2, -0.15) is 0 Å². The van der Waals surface area contributed by atoms with Crippen molar-refractivity contribution in [2.45, 2.75) is 24.9 Å². The van der Waals surface area contributed by atoms with Crippen molar-refractivity contribution in [1.29, 1.82) is 0 Å². The lowest BCUT2D eigenvalue weighted by Crippen LogP contribution is -2.43. The molecule has 1 saturated heterocycles. The van der Waals surface area contributed by atoms with Crippen molar-refractivity contribution < 1.29 is 0 Å². The van der Waals surface area contributed by atoms with E-state index in [2.05, 4.69) is 88.1 Å². The molecule has 3 rings (SSSR count). The van der Waals surface area contributed by atoms with Crippen molar-refractivity contribution in [3.8, 4) is 0 Å². The molecule has 0 radical (unpaired) electrons. The molecule has 152 valence electrons.